The van der Waals surface area contributed by atoms with Gasteiger partial charge in [-0.25, -0.2) is 0 Å². The Balaban J connectivity index is 1.66. The van der Waals surface area contributed by atoms with Crippen molar-refractivity contribution in [2.75, 3.05) is 13.2 Å². The average molecular weight is 326 g/mol. The van der Waals surface area contributed by atoms with E-state index in [4.69, 9.17) is 4.74 Å². The maximum absolute atomic E-state index is 5.74. The highest BCUT2D eigenvalue weighted by molar-refractivity contribution is 9.10. The van der Waals surface area contributed by atoms with Crippen molar-refractivity contribution >= 4 is 15.9 Å². The zero-order valence-electron chi connectivity index (χ0n) is 11.9. The van der Waals surface area contributed by atoms with Gasteiger partial charge in [-0.3, -0.25) is 0 Å². The Morgan fingerprint density at radius 2 is 1.95 bits per heavy atom. The molecule has 2 nitrogen and oxygen atoms in total. The van der Waals surface area contributed by atoms with E-state index in [9.17, 15) is 0 Å². The van der Waals surface area contributed by atoms with Crippen LogP contribution in [0, 0.1) is 11.8 Å². The predicted octanol–water partition coefficient (Wildman–Crippen LogP) is 4.24. The summed E-state index contributed by atoms with van der Waals surface area (Å²) in [4.78, 5) is 0. The molecule has 3 heteroatoms. The minimum Gasteiger partial charge on any atom is -0.492 e. The molecule has 1 aromatic rings. The molecular weight excluding hydrogens is 302 g/mol. The van der Waals surface area contributed by atoms with E-state index in [0.717, 1.165) is 35.2 Å². The second kappa shape index (κ2) is 7.30. The molecule has 2 atom stereocenters. The summed E-state index contributed by atoms with van der Waals surface area (Å²) in [5.74, 6) is 2.64. The van der Waals surface area contributed by atoms with Gasteiger partial charge in [-0.1, -0.05) is 35.8 Å². The highest BCUT2D eigenvalue weighted by atomic mass is 79.9. The molecule has 1 saturated carbocycles. The molecule has 2 rings (SSSR count). The fourth-order valence-electron chi connectivity index (χ4n) is 3.10. The van der Waals surface area contributed by atoms with Crippen molar-refractivity contribution in [3.8, 4) is 5.75 Å². The van der Waals surface area contributed by atoms with Gasteiger partial charge >= 0.3 is 0 Å². The smallest absolute Gasteiger partial charge is 0.120 e. The van der Waals surface area contributed by atoms with Gasteiger partial charge in [-0.15, -0.1) is 0 Å². The van der Waals surface area contributed by atoms with E-state index in [1.165, 1.54) is 19.3 Å². The highest BCUT2D eigenvalue weighted by Crippen LogP contribution is 2.28. The van der Waals surface area contributed by atoms with Crippen molar-refractivity contribution in [3.63, 3.8) is 0 Å². The highest BCUT2D eigenvalue weighted by Gasteiger charge is 2.23. The molecule has 2 unspecified atom stereocenters. The van der Waals surface area contributed by atoms with Gasteiger partial charge in [0.25, 0.3) is 0 Å². The van der Waals surface area contributed by atoms with E-state index < -0.39 is 0 Å². The number of rotatable bonds is 5. The molecule has 1 N–H and O–H groups in total. The van der Waals surface area contributed by atoms with Crippen LogP contribution in [0.4, 0.5) is 0 Å². The van der Waals surface area contributed by atoms with Crippen LogP contribution in [-0.2, 0) is 0 Å². The van der Waals surface area contributed by atoms with Gasteiger partial charge in [0.15, 0.2) is 0 Å². The molecule has 0 radical (unpaired) electrons. The summed E-state index contributed by atoms with van der Waals surface area (Å²) in [5.41, 5.74) is 0. The van der Waals surface area contributed by atoms with E-state index in [-0.39, 0.29) is 0 Å². The quantitative estimate of drug-likeness (QED) is 0.817. The Kier molecular flexibility index (Phi) is 5.71. The number of ether oxygens (including phenoxy) is 1. The van der Waals surface area contributed by atoms with Gasteiger partial charge in [0.2, 0.25) is 0 Å². The van der Waals surface area contributed by atoms with Crippen LogP contribution >= 0.6 is 15.9 Å². The molecule has 19 heavy (non-hydrogen) atoms. The van der Waals surface area contributed by atoms with Crippen LogP contribution in [0.15, 0.2) is 28.7 Å². The summed E-state index contributed by atoms with van der Waals surface area (Å²) in [5, 5.41) is 3.63. The molecule has 1 aliphatic carbocycles. The van der Waals surface area contributed by atoms with Crippen LogP contribution in [0.2, 0.25) is 0 Å². The Labute approximate surface area is 125 Å². The molecule has 1 fully saturated rings. The van der Waals surface area contributed by atoms with Gasteiger partial charge in [0.1, 0.15) is 12.4 Å². The number of hydrogen-bond donors (Lipinski definition) is 1. The van der Waals surface area contributed by atoms with Crippen molar-refractivity contribution in [1.29, 1.82) is 0 Å². The van der Waals surface area contributed by atoms with Crippen LogP contribution in [0.25, 0.3) is 0 Å². The molecule has 0 aromatic heterocycles. The van der Waals surface area contributed by atoms with Gasteiger partial charge in [-0.05, 0) is 49.3 Å². The van der Waals surface area contributed by atoms with E-state index in [2.05, 4.69) is 35.1 Å². The molecule has 0 saturated heterocycles. The van der Waals surface area contributed by atoms with Crippen molar-refractivity contribution in [2.24, 2.45) is 11.8 Å². The SMILES string of the molecule is CC1CC(C)CC(NCCOc2cccc(Br)c2)C1. The van der Waals surface area contributed by atoms with Gasteiger partial charge < -0.3 is 10.1 Å². The minimum atomic E-state index is 0.671. The number of benzene rings is 1. The Morgan fingerprint density at radius 1 is 1.21 bits per heavy atom. The molecule has 0 heterocycles. The average Bonchev–Trinajstić information content (AvgIpc) is 2.34. The van der Waals surface area contributed by atoms with Crippen molar-refractivity contribution in [2.45, 2.75) is 39.2 Å². The number of halogens is 1. The van der Waals surface area contributed by atoms with Crippen LogP contribution in [0.5, 0.6) is 5.75 Å². The van der Waals surface area contributed by atoms with Crippen molar-refractivity contribution in [3.05, 3.63) is 28.7 Å². The molecule has 1 aliphatic rings. The Morgan fingerprint density at radius 3 is 2.63 bits per heavy atom. The Hall–Kier alpha value is -0.540. The first-order chi connectivity index (χ1) is 9.13. The number of nitrogens with one attached hydrogen (secondary N) is 1. The lowest BCUT2D eigenvalue weighted by Crippen LogP contribution is -2.38. The van der Waals surface area contributed by atoms with Gasteiger partial charge in [0.05, 0.1) is 0 Å². The van der Waals surface area contributed by atoms with E-state index in [1.807, 2.05) is 24.3 Å². The summed E-state index contributed by atoms with van der Waals surface area (Å²) in [6.07, 6.45) is 4.00. The molecule has 106 valence electrons. The van der Waals surface area contributed by atoms with Crippen molar-refractivity contribution < 1.29 is 4.74 Å². The minimum absolute atomic E-state index is 0.671. The fourth-order valence-corrected chi connectivity index (χ4v) is 3.48. The largest absolute Gasteiger partial charge is 0.492 e. The van der Waals surface area contributed by atoms with E-state index in [0.29, 0.717) is 6.04 Å². The van der Waals surface area contributed by atoms with E-state index >= 15 is 0 Å². The lowest BCUT2D eigenvalue weighted by atomic mass is 9.80. The molecular formula is C16H24BrNO. The Bertz CT molecular complexity index is 386. The van der Waals surface area contributed by atoms with E-state index in [1.54, 1.807) is 0 Å². The van der Waals surface area contributed by atoms with Crippen LogP contribution < -0.4 is 10.1 Å². The van der Waals surface area contributed by atoms with Crippen LogP contribution in [0.1, 0.15) is 33.1 Å². The fraction of sp³-hybridized carbons (Fsp3) is 0.625. The summed E-state index contributed by atoms with van der Waals surface area (Å²) >= 11 is 3.45. The first-order valence-electron chi connectivity index (χ1n) is 7.25. The topological polar surface area (TPSA) is 21.3 Å². The third-order valence-electron chi connectivity index (χ3n) is 3.78. The van der Waals surface area contributed by atoms with Gasteiger partial charge in [0, 0.05) is 17.1 Å². The molecule has 0 aliphatic heterocycles. The maximum atomic E-state index is 5.74. The van der Waals surface area contributed by atoms with Crippen LogP contribution in [-0.4, -0.2) is 19.2 Å². The number of hydrogen-bond acceptors (Lipinski definition) is 2. The maximum Gasteiger partial charge on any atom is 0.120 e. The second-order valence-corrected chi connectivity index (χ2v) is 6.79. The predicted molar refractivity (Wildman–Crippen MR) is 83.6 cm³/mol. The van der Waals surface area contributed by atoms with Crippen LogP contribution in [0.3, 0.4) is 0 Å². The third-order valence-corrected chi connectivity index (χ3v) is 4.27. The molecule has 0 spiro atoms. The molecule has 0 bridgehead atoms. The standard InChI is InChI=1S/C16H24BrNO/c1-12-8-13(2)10-15(9-12)18-6-7-19-16-5-3-4-14(17)11-16/h3-5,11-13,15,18H,6-10H2,1-2H3. The lowest BCUT2D eigenvalue weighted by Gasteiger charge is -2.32. The summed E-state index contributed by atoms with van der Waals surface area (Å²) in [6, 6.07) is 8.68. The summed E-state index contributed by atoms with van der Waals surface area (Å²) in [6.45, 7) is 6.39. The zero-order valence-corrected chi connectivity index (χ0v) is 13.4. The second-order valence-electron chi connectivity index (χ2n) is 5.87. The zero-order chi connectivity index (χ0) is 13.7. The van der Waals surface area contributed by atoms with Crippen molar-refractivity contribution in [1.82, 2.24) is 5.32 Å². The third kappa shape index (κ3) is 5.15. The molecule has 1 aromatic carbocycles. The lowest BCUT2D eigenvalue weighted by molar-refractivity contribution is 0.225. The van der Waals surface area contributed by atoms with Gasteiger partial charge in [-0.2, -0.15) is 0 Å². The monoisotopic (exact) mass is 325 g/mol. The summed E-state index contributed by atoms with van der Waals surface area (Å²) < 4.78 is 6.80. The normalized spacial score (nSPS) is 27.2. The first kappa shape index (κ1) is 14.9. The first-order valence-corrected chi connectivity index (χ1v) is 8.04. The summed E-state index contributed by atoms with van der Waals surface area (Å²) in [7, 11) is 0. The molecule has 0 amide bonds.